The Hall–Kier alpha value is -2.72. The molecular formula is C21H22ClF3N2O5. The summed E-state index contributed by atoms with van der Waals surface area (Å²) in [4.78, 5) is 16.5. The smallest absolute Gasteiger partial charge is 0.506 e. The summed E-state index contributed by atoms with van der Waals surface area (Å²) in [6.07, 6.45) is -5.00. The van der Waals surface area contributed by atoms with Gasteiger partial charge >= 0.3 is 12.3 Å². The van der Waals surface area contributed by atoms with E-state index in [1.54, 1.807) is 4.90 Å². The van der Waals surface area contributed by atoms with Gasteiger partial charge in [-0.1, -0.05) is 24.6 Å². The minimum absolute atomic E-state index is 0.0225. The van der Waals surface area contributed by atoms with E-state index < -0.39 is 35.5 Å². The quantitative estimate of drug-likeness (QED) is 0.541. The van der Waals surface area contributed by atoms with Gasteiger partial charge in [0.05, 0.1) is 0 Å². The molecule has 1 aromatic heterocycles. The second kappa shape index (κ2) is 9.03. The van der Waals surface area contributed by atoms with Gasteiger partial charge in [0.25, 0.3) is 0 Å². The number of piperidine rings is 1. The van der Waals surface area contributed by atoms with Crippen LogP contribution in [0.1, 0.15) is 36.8 Å². The fourth-order valence-electron chi connectivity index (χ4n) is 3.93. The lowest BCUT2D eigenvalue weighted by molar-refractivity contribution is -0.274. The van der Waals surface area contributed by atoms with E-state index in [9.17, 15) is 28.2 Å². The van der Waals surface area contributed by atoms with Crippen LogP contribution in [0.4, 0.5) is 23.8 Å². The van der Waals surface area contributed by atoms with Crippen LogP contribution in [0, 0.1) is 0 Å². The third-order valence-corrected chi connectivity index (χ3v) is 6.06. The molecule has 0 spiro atoms. The van der Waals surface area contributed by atoms with E-state index in [2.05, 4.69) is 4.98 Å². The number of ether oxygens (including phenoxy) is 1. The zero-order valence-corrected chi connectivity index (χ0v) is 17.8. The summed E-state index contributed by atoms with van der Waals surface area (Å²) < 4.78 is 47.5. The molecule has 0 amide bonds. The van der Waals surface area contributed by atoms with Crippen molar-refractivity contribution in [2.75, 3.05) is 18.0 Å². The summed E-state index contributed by atoms with van der Waals surface area (Å²) >= 11 is 6.06. The van der Waals surface area contributed by atoms with Gasteiger partial charge in [0.15, 0.2) is 5.60 Å². The number of benzene rings is 1. The molecule has 174 valence electrons. The number of phenolic OH excluding ortho intramolecular Hbond substituents is 1. The molecule has 0 aliphatic carbocycles. The third-order valence-electron chi connectivity index (χ3n) is 5.73. The number of hydrogen-bond acceptors (Lipinski definition) is 6. The number of hydrogen-bond donors (Lipinski definition) is 3. The molecule has 1 aliphatic heterocycles. The Morgan fingerprint density at radius 1 is 1.25 bits per heavy atom. The number of aromatic nitrogens is 1. The number of halogens is 4. The lowest BCUT2D eigenvalue weighted by Crippen LogP contribution is -2.47. The van der Waals surface area contributed by atoms with Gasteiger partial charge < -0.3 is 25.0 Å². The van der Waals surface area contributed by atoms with Crippen molar-refractivity contribution >= 4 is 23.6 Å². The number of rotatable bonds is 5. The highest BCUT2D eigenvalue weighted by Gasteiger charge is 2.59. The summed E-state index contributed by atoms with van der Waals surface area (Å²) in [5.41, 5.74) is -3.67. The summed E-state index contributed by atoms with van der Waals surface area (Å²) in [5, 5.41) is 29.2. The number of carbonyl (C=O) groups is 1. The maximum Gasteiger partial charge on any atom is 0.506 e. The van der Waals surface area contributed by atoms with Crippen LogP contribution in [-0.2, 0) is 10.3 Å². The molecule has 2 aromatic rings. The number of alkyl halides is 3. The van der Waals surface area contributed by atoms with E-state index >= 15 is 0 Å². The monoisotopic (exact) mass is 474 g/mol. The van der Waals surface area contributed by atoms with Crippen molar-refractivity contribution in [3.05, 3.63) is 52.7 Å². The number of pyridine rings is 1. The van der Waals surface area contributed by atoms with Crippen molar-refractivity contribution in [2.24, 2.45) is 0 Å². The molecule has 7 nitrogen and oxygen atoms in total. The van der Waals surface area contributed by atoms with Crippen molar-refractivity contribution in [3.8, 4) is 5.75 Å². The predicted molar refractivity (Wildman–Crippen MR) is 110 cm³/mol. The van der Waals surface area contributed by atoms with Crippen molar-refractivity contribution in [1.82, 2.24) is 4.98 Å². The van der Waals surface area contributed by atoms with Crippen LogP contribution in [0.15, 0.2) is 36.5 Å². The van der Waals surface area contributed by atoms with Gasteiger partial charge in [0.1, 0.15) is 17.7 Å². The zero-order valence-electron chi connectivity index (χ0n) is 17.0. The molecule has 1 fully saturated rings. The van der Waals surface area contributed by atoms with E-state index in [1.807, 2.05) is 0 Å². The van der Waals surface area contributed by atoms with Crippen LogP contribution in [0.3, 0.4) is 0 Å². The molecular weight excluding hydrogens is 453 g/mol. The fraction of sp³-hybridized carbons (Fsp3) is 0.429. The number of carboxylic acid groups (broad SMARTS) is 1. The van der Waals surface area contributed by atoms with Crippen LogP contribution >= 0.6 is 11.6 Å². The third kappa shape index (κ3) is 4.71. The first kappa shape index (κ1) is 23.9. The standard InChI is InChI=1S/C21H22ClF3N2O5/c1-12(16-3-2-14(28)11-17(16)22)20(31,21(23,24)25)13-4-7-26-18(10-13)27-8-5-15(6-9-27)32-19(29)30/h2-4,7,10-12,15,28,31H,5-6,8-9H2,1H3,(H,29,30). The SMILES string of the molecule is CC(c1ccc(O)cc1Cl)C(O)(c1ccnc(N2CCC(OC(=O)O)CC2)c1)C(F)(F)F. The average molecular weight is 475 g/mol. The Labute approximate surface area is 187 Å². The van der Waals surface area contributed by atoms with E-state index in [1.165, 1.54) is 31.3 Å². The summed E-state index contributed by atoms with van der Waals surface area (Å²) in [5.74, 6) is -1.48. The Morgan fingerprint density at radius 3 is 2.47 bits per heavy atom. The second-order valence-electron chi connectivity index (χ2n) is 7.66. The van der Waals surface area contributed by atoms with Gasteiger partial charge in [-0.15, -0.1) is 0 Å². The van der Waals surface area contributed by atoms with Crippen LogP contribution in [0.5, 0.6) is 5.75 Å². The minimum Gasteiger partial charge on any atom is -0.508 e. The maximum absolute atomic E-state index is 14.2. The molecule has 2 unspecified atom stereocenters. The lowest BCUT2D eigenvalue weighted by Gasteiger charge is -2.38. The molecule has 0 radical (unpaired) electrons. The molecule has 11 heteroatoms. The molecule has 3 rings (SSSR count). The Bertz CT molecular complexity index is 982. The Kier molecular flexibility index (Phi) is 6.75. The van der Waals surface area contributed by atoms with E-state index in [0.717, 1.165) is 12.1 Å². The van der Waals surface area contributed by atoms with Crippen molar-refractivity contribution < 1.29 is 38.0 Å². The first-order valence-electron chi connectivity index (χ1n) is 9.82. The molecule has 1 aliphatic rings. The number of phenols is 1. The first-order valence-corrected chi connectivity index (χ1v) is 10.2. The molecule has 2 heterocycles. The summed E-state index contributed by atoms with van der Waals surface area (Å²) in [6.45, 7) is 1.87. The molecule has 2 atom stereocenters. The molecule has 0 bridgehead atoms. The van der Waals surface area contributed by atoms with Crippen molar-refractivity contribution in [3.63, 3.8) is 0 Å². The first-order chi connectivity index (χ1) is 14.9. The molecule has 32 heavy (non-hydrogen) atoms. The lowest BCUT2D eigenvalue weighted by atomic mass is 9.78. The highest BCUT2D eigenvalue weighted by molar-refractivity contribution is 6.31. The number of anilines is 1. The van der Waals surface area contributed by atoms with Crippen LogP contribution in [0.2, 0.25) is 5.02 Å². The summed E-state index contributed by atoms with van der Waals surface area (Å²) in [7, 11) is 0. The maximum atomic E-state index is 14.2. The highest BCUT2D eigenvalue weighted by Crippen LogP contribution is 2.50. The second-order valence-corrected chi connectivity index (χ2v) is 8.07. The fourth-order valence-corrected chi connectivity index (χ4v) is 4.26. The van der Waals surface area contributed by atoms with Gasteiger partial charge in [-0.3, -0.25) is 0 Å². The topological polar surface area (TPSA) is 103 Å². The largest absolute Gasteiger partial charge is 0.508 e. The molecule has 1 aromatic carbocycles. The van der Waals surface area contributed by atoms with Crippen molar-refractivity contribution in [1.29, 1.82) is 0 Å². The normalized spacial score (nSPS) is 18.1. The van der Waals surface area contributed by atoms with Gasteiger partial charge in [-0.2, -0.15) is 13.2 Å². The summed E-state index contributed by atoms with van der Waals surface area (Å²) in [6, 6.07) is 5.84. The number of nitrogens with zero attached hydrogens (tertiary/aromatic N) is 2. The van der Waals surface area contributed by atoms with Gasteiger partial charge in [-0.25, -0.2) is 9.78 Å². The Morgan fingerprint density at radius 2 is 1.91 bits per heavy atom. The Balaban J connectivity index is 1.93. The van der Waals surface area contributed by atoms with Crippen molar-refractivity contribution in [2.45, 2.75) is 43.6 Å². The van der Waals surface area contributed by atoms with Crippen LogP contribution < -0.4 is 4.90 Å². The number of aliphatic hydroxyl groups is 1. The zero-order chi connectivity index (χ0) is 23.7. The van der Waals surface area contributed by atoms with Gasteiger partial charge in [0, 0.05) is 43.1 Å². The number of aromatic hydroxyl groups is 1. The van der Waals surface area contributed by atoms with E-state index in [0.29, 0.717) is 25.9 Å². The molecule has 3 N–H and O–H groups in total. The molecule has 1 saturated heterocycles. The highest BCUT2D eigenvalue weighted by atomic mass is 35.5. The van der Waals surface area contributed by atoms with Gasteiger partial charge in [-0.05, 0) is 35.4 Å². The van der Waals surface area contributed by atoms with E-state index in [-0.39, 0.29) is 22.2 Å². The predicted octanol–water partition coefficient (Wildman–Crippen LogP) is 4.66. The minimum atomic E-state index is -5.05. The molecule has 0 saturated carbocycles. The van der Waals surface area contributed by atoms with Crippen LogP contribution in [0.25, 0.3) is 0 Å². The average Bonchev–Trinajstić information content (AvgIpc) is 2.72. The van der Waals surface area contributed by atoms with Gasteiger partial charge in [0.2, 0.25) is 0 Å². The van der Waals surface area contributed by atoms with E-state index in [4.69, 9.17) is 21.4 Å². The van der Waals surface area contributed by atoms with Crippen LogP contribution in [-0.4, -0.2) is 51.8 Å².